The average molecular weight is 305 g/mol. The van der Waals surface area contributed by atoms with E-state index in [1.54, 1.807) is 0 Å². The highest BCUT2D eigenvalue weighted by atomic mass is 79.9. The molecule has 0 saturated heterocycles. The summed E-state index contributed by atoms with van der Waals surface area (Å²) in [5.41, 5.74) is 3.09. The summed E-state index contributed by atoms with van der Waals surface area (Å²) in [5.74, 6) is 0.469. The second kappa shape index (κ2) is 5.68. The summed E-state index contributed by atoms with van der Waals surface area (Å²) >= 11 is 3.48. The van der Waals surface area contributed by atoms with Gasteiger partial charge in [0.05, 0.1) is 0 Å². The van der Waals surface area contributed by atoms with E-state index >= 15 is 0 Å². The predicted molar refractivity (Wildman–Crippen MR) is 78.7 cm³/mol. The predicted octanol–water partition coefficient (Wildman–Crippen LogP) is 4.65. The number of aliphatic hydroxyl groups excluding tert-OH is 1. The van der Waals surface area contributed by atoms with E-state index in [9.17, 15) is 5.11 Å². The summed E-state index contributed by atoms with van der Waals surface area (Å²) < 4.78 is 0.937. The molecule has 0 spiro atoms. The molecule has 0 aromatic heterocycles. The van der Waals surface area contributed by atoms with Gasteiger partial charge in [0.2, 0.25) is 0 Å². The number of rotatable bonds is 3. The van der Waals surface area contributed by atoms with Crippen molar-refractivity contribution in [2.75, 3.05) is 0 Å². The van der Waals surface area contributed by atoms with E-state index in [0.717, 1.165) is 15.6 Å². The van der Waals surface area contributed by atoms with E-state index in [1.165, 1.54) is 5.56 Å². The number of halogens is 1. The van der Waals surface area contributed by atoms with Gasteiger partial charge in [-0.15, -0.1) is 0 Å². The van der Waals surface area contributed by atoms with Crippen LogP contribution in [0.2, 0.25) is 0 Å². The van der Waals surface area contributed by atoms with Gasteiger partial charge in [0.1, 0.15) is 6.10 Å². The molecule has 2 rings (SSSR count). The van der Waals surface area contributed by atoms with Crippen LogP contribution >= 0.6 is 15.9 Å². The Morgan fingerprint density at radius 1 is 0.944 bits per heavy atom. The minimum atomic E-state index is -0.584. The molecule has 2 aromatic carbocycles. The normalized spacial score (nSPS) is 12.7. The lowest BCUT2D eigenvalue weighted by molar-refractivity contribution is 0.219. The number of aliphatic hydroxyl groups is 1. The minimum Gasteiger partial charge on any atom is -0.384 e. The van der Waals surface area contributed by atoms with Gasteiger partial charge in [0, 0.05) is 4.47 Å². The van der Waals surface area contributed by atoms with Crippen LogP contribution in [0.4, 0.5) is 0 Å². The van der Waals surface area contributed by atoms with Crippen LogP contribution in [-0.2, 0) is 0 Å². The van der Waals surface area contributed by atoms with Crippen molar-refractivity contribution in [2.45, 2.75) is 25.9 Å². The van der Waals surface area contributed by atoms with Crippen molar-refractivity contribution in [3.05, 3.63) is 69.7 Å². The molecule has 0 aliphatic heterocycles. The van der Waals surface area contributed by atoms with Crippen LogP contribution in [-0.4, -0.2) is 5.11 Å². The summed E-state index contributed by atoms with van der Waals surface area (Å²) in [7, 11) is 0. The molecule has 1 N–H and O–H groups in total. The van der Waals surface area contributed by atoms with Crippen molar-refractivity contribution in [1.82, 2.24) is 0 Å². The van der Waals surface area contributed by atoms with Gasteiger partial charge in [-0.05, 0) is 28.7 Å². The maximum atomic E-state index is 10.4. The fourth-order valence-electron chi connectivity index (χ4n) is 1.96. The van der Waals surface area contributed by atoms with Crippen LogP contribution in [0.3, 0.4) is 0 Å². The standard InChI is InChI=1S/C16H17BrO/c1-11(2)12-6-5-7-13(10-12)16(18)14-8-3-4-9-15(14)17/h3-11,16,18H,1-2H3. The first-order valence-electron chi connectivity index (χ1n) is 6.12. The van der Waals surface area contributed by atoms with Gasteiger partial charge in [-0.1, -0.05) is 72.2 Å². The Morgan fingerprint density at radius 3 is 2.28 bits per heavy atom. The van der Waals surface area contributed by atoms with E-state index in [-0.39, 0.29) is 0 Å². The molecule has 2 heteroatoms. The molecule has 0 radical (unpaired) electrons. The summed E-state index contributed by atoms with van der Waals surface area (Å²) in [6.07, 6.45) is -0.584. The number of hydrogen-bond donors (Lipinski definition) is 1. The number of benzene rings is 2. The number of hydrogen-bond acceptors (Lipinski definition) is 1. The third-order valence-electron chi connectivity index (χ3n) is 3.09. The van der Waals surface area contributed by atoms with E-state index < -0.39 is 6.10 Å². The van der Waals surface area contributed by atoms with Crippen molar-refractivity contribution in [1.29, 1.82) is 0 Å². The Hall–Kier alpha value is -1.12. The highest BCUT2D eigenvalue weighted by molar-refractivity contribution is 9.10. The van der Waals surface area contributed by atoms with Crippen molar-refractivity contribution in [3.63, 3.8) is 0 Å². The molecule has 0 aliphatic rings. The molecular formula is C16H17BrO. The molecular weight excluding hydrogens is 288 g/mol. The van der Waals surface area contributed by atoms with Crippen molar-refractivity contribution in [3.8, 4) is 0 Å². The van der Waals surface area contributed by atoms with Gasteiger partial charge in [0.25, 0.3) is 0 Å². The van der Waals surface area contributed by atoms with Crippen LogP contribution in [0.1, 0.15) is 42.6 Å². The molecule has 1 atom stereocenters. The second-order valence-electron chi connectivity index (χ2n) is 4.75. The van der Waals surface area contributed by atoms with Crippen molar-refractivity contribution < 1.29 is 5.11 Å². The molecule has 0 amide bonds. The molecule has 0 fully saturated rings. The first-order chi connectivity index (χ1) is 8.59. The lowest BCUT2D eigenvalue weighted by Crippen LogP contribution is -2.01. The fraction of sp³-hybridized carbons (Fsp3) is 0.250. The third-order valence-corrected chi connectivity index (χ3v) is 3.82. The highest BCUT2D eigenvalue weighted by Crippen LogP contribution is 2.29. The fourth-order valence-corrected chi connectivity index (χ4v) is 2.47. The first kappa shape index (κ1) is 13.3. The van der Waals surface area contributed by atoms with Gasteiger partial charge in [-0.25, -0.2) is 0 Å². The summed E-state index contributed by atoms with van der Waals surface area (Å²) in [6.45, 7) is 4.31. The van der Waals surface area contributed by atoms with E-state index in [0.29, 0.717) is 5.92 Å². The largest absolute Gasteiger partial charge is 0.384 e. The van der Waals surface area contributed by atoms with Gasteiger partial charge in [0.15, 0.2) is 0 Å². The molecule has 2 aromatic rings. The van der Waals surface area contributed by atoms with Crippen molar-refractivity contribution in [2.24, 2.45) is 0 Å². The average Bonchev–Trinajstić information content (AvgIpc) is 2.38. The summed E-state index contributed by atoms with van der Waals surface area (Å²) in [5, 5.41) is 10.4. The van der Waals surface area contributed by atoms with E-state index in [4.69, 9.17) is 0 Å². The minimum absolute atomic E-state index is 0.469. The Labute approximate surface area is 117 Å². The molecule has 94 valence electrons. The van der Waals surface area contributed by atoms with Crippen LogP contribution in [0, 0.1) is 0 Å². The van der Waals surface area contributed by atoms with E-state index in [2.05, 4.69) is 41.9 Å². The molecule has 1 nitrogen and oxygen atoms in total. The van der Waals surface area contributed by atoms with Crippen LogP contribution in [0.5, 0.6) is 0 Å². The zero-order chi connectivity index (χ0) is 13.1. The third kappa shape index (κ3) is 2.82. The Bertz CT molecular complexity index is 534. The summed E-state index contributed by atoms with van der Waals surface area (Å²) in [4.78, 5) is 0. The van der Waals surface area contributed by atoms with Crippen LogP contribution in [0.25, 0.3) is 0 Å². The molecule has 0 bridgehead atoms. The first-order valence-corrected chi connectivity index (χ1v) is 6.91. The lowest BCUT2D eigenvalue weighted by Gasteiger charge is -2.15. The van der Waals surface area contributed by atoms with Gasteiger partial charge in [-0.3, -0.25) is 0 Å². The monoisotopic (exact) mass is 304 g/mol. The molecule has 0 saturated carbocycles. The topological polar surface area (TPSA) is 20.2 Å². The second-order valence-corrected chi connectivity index (χ2v) is 5.60. The van der Waals surface area contributed by atoms with Crippen molar-refractivity contribution >= 4 is 15.9 Å². The molecule has 0 heterocycles. The van der Waals surface area contributed by atoms with E-state index in [1.807, 2.05) is 36.4 Å². The van der Waals surface area contributed by atoms with Crippen LogP contribution in [0.15, 0.2) is 53.0 Å². The SMILES string of the molecule is CC(C)c1cccc(C(O)c2ccccc2Br)c1. The summed E-state index contributed by atoms with van der Waals surface area (Å²) in [6, 6.07) is 15.9. The smallest absolute Gasteiger partial charge is 0.105 e. The quantitative estimate of drug-likeness (QED) is 0.875. The Balaban J connectivity index is 2.37. The zero-order valence-corrected chi connectivity index (χ0v) is 12.2. The highest BCUT2D eigenvalue weighted by Gasteiger charge is 2.13. The molecule has 0 aliphatic carbocycles. The Kier molecular flexibility index (Phi) is 4.20. The molecule has 18 heavy (non-hydrogen) atoms. The molecule has 1 unspecified atom stereocenters. The lowest BCUT2D eigenvalue weighted by atomic mass is 9.96. The van der Waals surface area contributed by atoms with Gasteiger partial charge >= 0.3 is 0 Å². The van der Waals surface area contributed by atoms with Gasteiger partial charge in [-0.2, -0.15) is 0 Å². The maximum absolute atomic E-state index is 10.4. The van der Waals surface area contributed by atoms with Crippen LogP contribution < -0.4 is 0 Å². The van der Waals surface area contributed by atoms with Gasteiger partial charge < -0.3 is 5.11 Å². The Morgan fingerprint density at radius 2 is 1.61 bits per heavy atom. The zero-order valence-electron chi connectivity index (χ0n) is 10.6. The maximum Gasteiger partial charge on any atom is 0.105 e.